The number of likely N-dealkylation sites (tertiary alicyclic amines) is 1. The Labute approximate surface area is 222 Å². The first-order chi connectivity index (χ1) is 17.3. The summed E-state index contributed by atoms with van der Waals surface area (Å²) in [6, 6.07) is 11.5. The Bertz CT molecular complexity index is 1210. The molecule has 36 heavy (non-hydrogen) atoms. The Morgan fingerprint density at radius 1 is 1.08 bits per heavy atom. The molecule has 0 spiro atoms. The minimum Gasteiger partial charge on any atom is -0.454 e. The third-order valence-electron chi connectivity index (χ3n) is 7.78. The molecule has 1 aliphatic heterocycles. The van der Waals surface area contributed by atoms with Gasteiger partial charge in [0.2, 0.25) is 11.8 Å². The number of benzene rings is 2. The lowest BCUT2D eigenvalue weighted by Gasteiger charge is -2.26. The molecule has 2 bridgehead atoms. The van der Waals surface area contributed by atoms with Crippen LogP contribution in [0.15, 0.2) is 46.9 Å². The van der Waals surface area contributed by atoms with Gasteiger partial charge in [-0.05, 0) is 77.2 Å². The number of amides is 3. The number of anilines is 1. The number of imide groups is 1. The van der Waals surface area contributed by atoms with Gasteiger partial charge in [-0.3, -0.25) is 19.3 Å². The molecule has 2 aromatic carbocycles. The molecular formula is C27H26BrClN2O5. The minimum absolute atomic E-state index is 0.134. The number of halogens is 2. The highest BCUT2D eigenvalue weighted by Gasteiger charge is 2.62. The van der Waals surface area contributed by atoms with Crippen molar-refractivity contribution >= 4 is 56.9 Å². The van der Waals surface area contributed by atoms with Crippen LogP contribution in [0.25, 0.3) is 0 Å². The molecule has 1 N–H and O–H groups in total. The summed E-state index contributed by atoms with van der Waals surface area (Å²) in [5, 5.41) is 3.16. The Morgan fingerprint density at radius 3 is 2.36 bits per heavy atom. The van der Waals surface area contributed by atoms with Gasteiger partial charge in [0.1, 0.15) is 6.04 Å². The van der Waals surface area contributed by atoms with E-state index in [4.69, 9.17) is 16.3 Å². The monoisotopic (exact) mass is 572 g/mol. The molecule has 5 atom stereocenters. The van der Waals surface area contributed by atoms with Crippen LogP contribution in [-0.4, -0.2) is 41.2 Å². The number of hydrogen-bond donors (Lipinski definition) is 1. The average molecular weight is 574 g/mol. The number of hydrogen-bond acceptors (Lipinski definition) is 5. The average Bonchev–Trinajstić information content (AvgIpc) is 3.56. The molecule has 1 heterocycles. The quantitative estimate of drug-likeness (QED) is 0.388. The predicted octanol–water partition coefficient (Wildman–Crippen LogP) is 4.54. The van der Waals surface area contributed by atoms with Crippen molar-refractivity contribution in [3.05, 3.63) is 63.1 Å². The van der Waals surface area contributed by atoms with Crippen LogP contribution in [0.5, 0.6) is 0 Å². The summed E-state index contributed by atoms with van der Waals surface area (Å²) in [6.07, 6.45) is 2.95. The van der Waals surface area contributed by atoms with Crippen LogP contribution in [0.1, 0.15) is 30.4 Å². The zero-order chi connectivity index (χ0) is 25.6. The highest BCUT2D eigenvalue weighted by atomic mass is 79.9. The van der Waals surface area contributed by atoms with Gasteiger partial charge in [0.25, 0.3) is 5.91 Å². The van der Waals surface area contributed by atoms with E-state index in [9.17, 15) is 19.2 Å². The molecule has 2 aromatic rings. The van der Waals surface area contributed by atoms with Crippen molar-refractivity contribution in [3.63, 3.8) is 0 Å². The first-order valence-corrected chi connectivity index (χ1v) is 13.2. The standard InChI is InChI=1S/C27H26BrClN2O5/c1-14-19(10-9-18(28)24(14)29)30-21(32)13-36-27(35)20(11-15-5-3-2-4-6-15)31-25(33)22-16-7-8-17(12-16)23(22)26(31)34/h2-6,9-10,16-17,20,22-23H,7-8,11-13H2,1H3,(H,30,32)/t16-,17-,20+,22-,23+/m0/s1. The molecule has 0 radical (unpaired) electrons. The maximum Gasteiger partial charge on any atom is 0.330 e. The van der Waals surface area contributed by atoms with E-state index in [1.54, 1.807) is 19.1 Å². The summed E-state index contributed by atoms with van der Waals surface area (Å²) in [7, 11) is 0. The van der Waals surface area contributed by atoms with Gasteiger partial charge >= 0.3 is 5.97 Å². The summed E-state index contributed by atoms with van der Waals surface area (Å²) < 4.78 is 6.07. The first kappa shape index (κ1) is 25.0. The van der Waals surface area contributed by atoms with Gasteiger partial charge in [0.05, 0.1) is 16.9 Å². The summed E-state index contributed by atoms with van der Waals surface area (Å²) in [5.74, 6) is -2.13. The van der Waals surface area contributed by atoms with Crippen LogP contribution in [-0.2, 0) is 30.3 Å². The molecule has 2 saturated carbocycles. The number of fused-ring (bicyclic) bond motifs is 5. The molecule has 0 aromatic heterocycles. The SMILES string of the molecule is Cc1c(NC(=O)COC(=O)[C@@H](Cc2ccccc2)N2C(=O)[C@@H]3[C@H]4CC[C@@H](C4)[C@@H]3C2=O)ccc(Br)c1Cl. The van der Waals surface area contributed by atoms with E-state index in [1.807, 2.05) is 30.3 Å². The highest BCUT2D eigenvalue weighted by Crippen LogP contribution is 2.56. The van der Waals surface area contributed by atoms with Gasteiger partial charge in [0.15, 0.2) is 6.61 Å². The zero-order valence-corrected chi connectivity index (χ0v) is 22.1. The molecule has 2 aliphatic carbocycles. The Hall–Kier alpha value is -2.71. The second-order valence-corrected chi connectivity index (χ2v) is 11.1. The van der Waals surface area contributed by atoms with Crippen LogP contribution in [0.4, 0.5) is 5.69 Å². The van der Waals surface area contributed by atoms with Crippen molar-refractivity contribution in [2.75, 3.05) is 11.9 Å². The van der Waals surface area contributed by atoms with Crippen molar-refractivity contribution in [1.82, 2.24) is 4.90 Å². The van der Waals surface area contributed by atoms with Crippen molar-refractivity contribution in [3.8, 4) is 0 Å². The van der Waals surface area contributed by atoms with Crippen LogP contribution in [0, 0.1) is 30.6 Å². The third kappa shape index (κ3) is 4.45. The van der Waals surface area contributed by atoms with Gasteiger partial charge in [-0.1, -0.05) is 41.9 Å². The molecule has 188 valence electrons. The minimum atomic E-state index is -1.12. The molecule has 7 nitrogen and oxygen atoms in total. The predicted molar refractivity (Wildman–Crippen MR) is 137 cm³/mol. The molecule has 1 saturated heterocycles. The highest BCUT2D eigenvalue weighted by molar-refractivity contribution is 9.10. The van der Waals surface area contributed by atoms with E-state index in [-0.39, 0.29) is 41.9 Å². The lowest BCUT2D eigenvalue weighted by molar-refractivity contribution is -0.160. The van der Waals surface area contributed by atoms with Crippen LogP contribution in [0.2, 0.25) is 5.02 Å². The number of rotatable bonds is 7. The van der Waals surface area contributed by atoms with E-state index >= 15 is 0 Å². The van der Waals surface area contributed by atoms with Gasteiger partial charge in [-0.2, -0.15) is 0 Å². The summed E-state index contributed by atoms with van der Waals surface area (Å²) >= 11 is 9.56. The van der Waals surface area contributed by atoms with Crippen molar-refractivity contribution in [2.24, 2.45) is 23.7 Å². The van der Waals surface area contributed by atoms with Gasteiger partial charge < -0.3 is 10.1 Å². The molecule has 3 fully saturated rings. The number of carbonyl (C=O) groups excluding carboxylic acids is 4. The van der Waals surface area contributed by atoms with Crippen molar-refractivity contribution in [1.29, 1.82) is 0 Å². The van der Waals surface area contributed by atoms with Gasteiger partial charge in [0, 0.05) is 16.6 Å². The lowest BCUT2D eigenvalue weighted by atomic mass is 9.81. The van der Waals surface area contributed by atoms with E-state index in [0.717, 1.165) is 29.7 Å². The third-order valence-corrected chi connectivity index (χ3v) is 9.15. The van der Waals surface area contributed by atoms with E-state index in [1.165, 1.54) is 0 Å². The van der Waals surface area contributed by atoms with E-state index in [0.29, 0.717) is 20.7 Å². The molecule has 9 heteroatoms. The summed E-state index contributed by atoms with van der Waals surface area (Å²) in [4.78, 5) is 53.8. The number of esters is 1. The van der Waals surface area contributed by atoms with Gasteiger partial charge in [-0.15, -0.1) is 0 Å². The maximum absolute atomic E-state index is 13.4. The van der Waals surface area contributed by atoms with Crippen LogP contribution in [0.3, 0.4) is 0 Å². The fourth-order valence-electron chi connectivity index (χ4n) is 6.06. The second kappa shape index (κ2) is 9.98. The number of nitrogens with zero attached hydrogens (tertiary/aromatic N) is 1. The smallest absolute Gasteiger partial charge is 0.330 e. The summed E-state index contributed by atoms with van der Waals surface area (Å²) in [6.45, 7) is 1.21. The molecule has 3 aliphatic rings. The van der Waals surface area contributed by atoms with E-state index < -0.39 is 24.5 Å². The fourth-order valence-corrected chi connectivity index (χ4v) is 6.66. The Morgan fingerprint density at radius 2 is 1.72 bits per heavy atom. The molecule has 5 rings (SSSR count). The molecule has 3 amide bonds. The van der Waals surface area contributed by atoms with Crippen LogP contribution < -0.4 is 5.32 Å². The number of ether oxygens (including phenoxy) is 1. The molecule has 0 unspecified atom stereocenters. The number of nitrogens with one attached hydrogen (secondary N) is 1. The van der Waals surface area contributed by atoms with Gasteiger partial charge in [-0.25, -0.2) is 4.79 Å². The topological polar surface area (TPSA) is 92.8 Å². The number of carbonyl (C=O) groups is 4. The molecular weight excluding hydrogens is 548 g/mol. The summed E-state index contributed by atoms with van der Waals surface area (Å²) in [5.41, 5.74) is 1.96. The van der Waals surface area contributed by atoms with Crippen molar-refractivity contribution < 1.29 is 23.9 Å². The van der Waals surface area contributed by atoms with Crippen LogP contribution >= 0.6 is 27.5 Å². The normalized spacial score (nSPS) is 25.1. The van der Waals surface area contributed by atoms with Crippen molar-refractivity contribution in [2.45, 2.75) is 38.6 Å². The largest absolute Gasteiger partial charge is 0.454 e. The Balaban J connectivity index is 1.32. The Kier molecular flexibility index (Phi) is 6.92. The van der Waals surface area contributed by atoms with E-state index in [2.05, 4.69) is 21.2 Å². The maximum atomic E-state index is 13.4. The zero-order valence-electron chi connectivity index (χ0n) is 19.7. The fraction of sp³-hybridized carbons (Fsp3) is 0.407. The lowest BCUT2D eigenvalue weighted by Crippen LogP contribution is -2.48. The second-order valence-electron chi connectivity index (χ2n) is 9.83. The first-order valence-electron chi connectivity index (χ1n) is 12.1.